The van der Waals surface area contributed by atoms with E-state index < -0.39 is 0 Å². The second kappa shape index (κ2) is 3.78. The fourth-order valence-corrected chi connectivity index (χ4v) is 1.91. The van der Waals surface area contributed by atoms with Crippen molar-refractivity contribution in [2.45, 2.75) is 26.2 Å². The van der Waals surface area contributed by atoms with E-state index in [1.807, 2.05) is 17.9 Å². The van der Waals surface area contributed by atoms with Crippen molar-refractivity contribution in [1.82, 2.24) is 9.55 Å². The smallest absolute Gasteiger partial charge is 0.0951 e. The van der Waals surface area contributed by atoms with E-state index in [1.165, 1.54) is 11.1 Å². The molecule has 1 aromatic carbocycles. The molecule has 0 bridgehead atoms. The van der Waals surface area contributed by atoms with Crippen LogP contribution >= 0.6 is 0 Å². The van der Waals surface area contributed by atoms with Crippen LogP contribution in [0.25, 0.3) is 11.3 Å². The number of hydrogen-bond donors (Lipinski definition) is 0. The van der Waals surface area contributed by atoms with Crippen molar-refractivity contribution < 1.29 is 0 Å². The lowest BCUT2D eigenvalue weighted by atomic mass is 9.83. The highest BCUT2D eigenvalue weighted by Gasteiger charge is 2.18. The number of hydrogen-bond acceptors (Lipinski definition) is 1. The molecule has 2 aromatic rings. The van der Waals surface area contributed by atoms with Crippen LogP contribution in [0.4, 0.5) is 0 Å². The van der Waals surface area contributed by atoms with Crippen molar-refractivity contribution in [3.8, 4) is 11.3 Å². The minimum Gasteiger partial charge on any atom is -0.340 e. The van der Waals surface area contributed by atoms with Gasteiger partial charge >= 0.3 is 0 Å². The molecule has 2 heteroatoms. The van der Waals surface area contributed by atoms with Gasteiger partial charge < -0.3 is 4.57 Å². The molecule has 0 saturated heterocycles. The molecule has 0 aliphatic heterocycles. The van der Waals surface area contributed by atoms with E-state index in [4.69, 9.17) is 0 Å². The first kappa shape index (κ1) is 10.9. The second-order valence-electron chi connectivity index (χ2n) is 5.22. The van der Waals surface area contributed by atoms with Gasteiger partial charge in [0.1, 0.15) is 0 Å². The Hall–Kier alpha value is -1.57. The molecule has 0 N–H and O–H groups in total. The predicted molar refractivity (Wildman–Crippen MR) is 67.3 cm³/mol. The van der Waals surface area contributed by atoms with Gasteiger partial charge in [-0.15, -0.1) is 0 Å². The molecular weight excluding hydrogens is 196 g/mol. The van der Waals surface area contributed by atoms with E-state index in [0.29, 0.717) is 0 Å². The van der Waals surface area contributed by atoms with Crippen LogP contribution in [-0.2, 0) is 12.5 Å². The first-order chi connectivity index (χ1) is 7.48. The molecule has 0 spiro atoms. The average Bonchev–Trinajstić information content (AvgIpc) is 2.64. The summed E-state index contributed by atoms with van der Waals surface area (Å²) in [6, 6.07) is 8.49. The Labute approximate surface area is 97.0 Å². The molecule has 84 valence electrons. The molecule has 1 aromatic heterocycles. The third kappa shape index (κ3) is 2.01. The fourth-order valence-electron chi connectivity index (χ4n) is 1.91. The minimum absolute atomic E-state index is 0.147. The number of imidazole rings is 1. The van der Waals surface area contributed by atoms with Gasteiger partial charge in [-0.3, -0.25) is 0 Å². The van der Waals surface area contributed by atoms with E-state index in [1.54, 1.807) is 0 Å². The summed E-state index contributed by atoms with van der Waals surface area (Å²) in [4.78, 5) is 4.42. The lowest BCUT2D eigenvalue weighted by Gasteiger charge is -2.22. The lowest BCUT2D eigenvalue weighted by molar-refractivity contribution is 0.592. The summed E-state index contributed by atoms with van der Waals surface area (Å²) in [5, 5.41) is 0. The molecule has 16 heavy (non-hydrogen) atoms. The van der Waals surface area contributed by atoms with Gasteiger partial charge in [-0.1, -0.05) is 45.0 Å². The Balaban J connectivity index is 2.57. The zero-order valence-electron chi connectivity index (χ0n) is 10.4. The molecule has 0 atom stereocenters. The standard InChI is InChI=1S/C14H18N2/c1-14(2,3)12-8-6-5-7-11(12)13-9-16(4)10-15-13/h5-10H,1-4H3. The normalized spacial score (nSPS) is 11.8. The highest BCUT2D eigenvalue weighted by Crippen LogP contribution is 2.31. The van der Waals surface area contributed by atoms with Gasteiger partial charge in [0, 0.05) is 18.8 Å². The number of aromatic nitrogens is 2. The van der Waals surface area contributed by atoms with E-state index in [2.05, 4.69) is 56.2 Å². The van der Waals surface area contributed by atoms with Crippen molar-refractivity contribution in [2.75, 3.05) is 0 Å². The van der Waals surface area contributed by atoms with E-state index in [0.717, 1.165) is 5.69 Å². The van der Waals surface area contributed by atoms with Crippen LogP contribution in [0.2, 0.25) is 0 Å². The van der Waals surface area contributed by atoms with Crippen molar-refractivity contribution >= 4 is 0 Å². The maximum absolute atomic E-state index is 4.42. The Morgan fingerprint density at radius 1 is 1.12 bits per heavy atom. The van der Waals surface area contributed by atoms with Gasteiger partial charge in [-0.05, 0) is 11.0 Å². The summed E-state index contributed by atoms with van der Waals surface area (Å²) in [5.41, 5.74) is 3.77. The van der Waals surface area contributed by atoms with Crippen LogP contribution in [0, 0.1) is 0 Å². The molecule has 0 amide bonds. The second-order valence-corrected chi connectivity index (χ2v) is 5.22. The molecule has 2 nitrogen and oxygen atoms in total. The molecule has 0 aliphatic rings. The van der Waals surface area contributed by atoms with E-state index in [9.17, 15) is 0 Å². The monoisotopic (exact) mass is 214 g/mol. The molecule has 2 rings (SSSR count). The van der Waals surface area contributed by atoms with Crippen molar-refractivity contribution in [3.63, 3.8) is 0 Å². The van der Waals surface area contributed by atoms with Crippen LogP contribution < -0.4 is 0 Å². The summed E-state index contributed by atoms with van der Waals surface area (Å²) >= 11 is 0. The van der Waals surface area contributed by atoms with Crippen LogP contribution in [-0.4, -0.2) is 9.55 Å². The van der Waals surface area contributed by atoms with Crippen molar-refractivity contribution in [2.24, 2.45) is 7.05 Å². The Morgan fingerprint density at radius 2 is 1.81 bits per heavy atom. The maximum atomic E-state index is 4.42. The zero-order valence-corrected chi connectivity index (χ0v) is 10.4. The number of rotatable bonds is 1. The van der Waals surface area contributed by atoms with Gasteiger partial charge in [-0.25, -0.2) is 4.98 Å². The van der Waals surface area contributed by atoms with E-state index in [-0.39, 0.29) is 5.41 Å². The number of aryl methyl sites for hydroxylation is 1. The van der Waals surface area contributed by atoms with E-state index >= 15 is 0 Å². The highest BCUT2D eigenvalue weighted by molar-refractivity contribution is 5.64. The minimum atomic E-state index is 0.147. The third-order valence-corrected chi connectivity index (χ3v) is 2.72. The van der Waals surface area contributed by atoms with Crippen molar-refractivity contribution in [3.05, 3.63) is 42.4 Å². The average molecular weight is 214 g/mol. The summed E-state index contributed by atoms with van der Waals surface area (Å²) in [7, 11) is 2.00. The summed E-state index contributed by atoms with van der Waals surface area (Å²) in [6.07, 6.45) is 3.90. The molecule has 0 fully saturated rings. The van der Waals surface area contributed by atoms with Crippen molar-refractivity contribution in [1.29, 1.82) is 0 Å². The van der Waals surface area contributed by atoms with Gasteiger partial charge in [0.25, 0.3) is 0 Å². The summed E-state index contributed by atoms with van der Waals surface area (Å²) in [5.74, 6) is 0. The van der Waals surface area contributed by atoms with Gasteiger partial charge in [0.15, 0.2) is 0 Å². The van der Waals surface area contributed by atoms with Gasteiger partial charge in [-0.2, -0.15) is 0 Å². The number of nitrogens with zero attached hydrogens (tertiary/aromatic N) is 2. The van der Waals surface area contributed by atoms with Crippen LogP contribution in [0.5, 0.6) is 0 Å². The first-order valence-electron chi connectivity index (χ1n) is 5.56. The first-order valence-corrected chi connectivity index (χ1v) is 5.56. The number of benzene rings is 1. The van der Waals surface area contributed by atoms with Gasteiger partial charge in [0.05, 0.1) is 12.0 Å². The molecule has 1 heterocycles. The molecule has 0 aliphatic carbocycles. The van der Waals surface area contributed by atoms with Crippen LogP contribution in [0.15, 0.2) is 36.8 Å². The summed E-state index contributed by atoms with van der Waals surface area (Å²) < 4.78 is 1.98. The van der Waals surface area contributed by atoms with Crippen LogP contribution in [0.1, 0.15) is 26.3 Å². The quantitative estimate of drug-likeness (QED) is 0.711. The Kier molecular flexibility index (Phi) is 2.58. The topological polar surface area (TPSA) is 17.8 Å². The van der Waals surface area contributed by atoms with Crippen LogP contribution in [0.3, 0.4) is 0 Å². The molecular formula is C14H18N2. The molecule has 0 saturated carbocycles. The predicted octanol–water partition coefficient (Wildman–Crippen LogP) is 3.38. The fraction of sp³-hybridized carbons (Fsp3) is 0.357. The molecule has 0 radical (unpaired) electrons. The molecule has 0 unspecified atom stereocenters. The summed E-state index contributed by atoms with van der Waals surface area (Å²) in [6.45, 7) is 6.69. The Bertz CT molecular complexity index is 489. The van der Waals surface area contributed by atoms with Gasteiger partial charge in [0.2, 0.25) is 0 Å². The SMILES string of the molecule is Cn1cnc(-c2ccccc2C(C)(C)C)c1. The lowest BCUT2D eigenvalue weighted by Crippen LogP contribution is -2.12. The third-order valence-electron chi connectivity index (χ3n) is 2.72. The zero-order chi connectivity index (χ0) is 11.8. The Morgan fingerprint density at radius 3 is 2.38 bits per heavy atom. The largest absolute Gasteiger partial charge is 0.340 e. The maximum Gasteiger partial charge on any atom is 0.0951 e. The highest BCUT2D eigenvalue weighted by atomic mass is 15.0.